The number of Topliss-reactive ketones (excluding diaryl/α,β-unsaturated/α-hetero) is 2. The Hall–Kier alpha value is -3.22. The summed E-state index contributed by atoms with van der Waals surface area (Å²) in [6.45, 7) is 2.57. The van der Waals surface area contributed by atoms with Crippen LogP contribution in [0, 0.1) is 0 Å². The number of rotatable bonds is 6. The van der Waals surface area contributed by atoms with E-state index in [9.17, 15) is 14.7 Å². The van der Waals surface area contributed by atoms with Gasteiger partial charge in [-0.05, 0) is 38.1 Å². The molecule has 1 N–H and O–H groups in total. The largest absolute Gasteiger partial charge is 0.506 e. The van der Waals surface area contributed by atoms with E-state index >= 15 is 0 Å². The van der Waals surface area contributed by atoms with Crippen molar-refractivity contribution in [3.63, 3.8) is 0 Å². The van der Waals surface area contributed by atoms with E-state index in [1.54, 1.807) is 42.5 Å². The second-order valence-electron chi connectivity index (χ2n) is 5.02. The van der Waals surface area contributed by atoms with Crippen LogP contribution in [0.3, 0.4) is 0 Å². The lowest BCUT2D eigenvalue weighted by Crippen LogP contribution is -2.23. The fourth-order valence-corrected chi connectivity index (χ4v) is 1.86. The molecule has 122 valence electrons. The molecule has 0 heterocycles. The van der Waals surface area contributed by atoms with Crippen LogP contribution in [0.25, 0.3) is 0 Å². The summed E-state index contributed by atoms with van der Waals surface area (Å²) in [6.07, 6.45) is 0. The Labute approximate surface area is 138 Å². The van der Waals surface area contributed by atoms with Gasteiger partial charge in [0.15, 0.2) is 17.6 Å². The van der Waals surface area contributed by atoms with E-state index < -0.39 is 6.04 Å². The van der Waals surface area contributed by atoms with E-state index in [1.807, 2.05) is 0 Å². The van der Waals surface area contributed by atoms with Crippen LogP contribution < -0.4 is 0 Å². The van der Waals surface area contributed by atoms with Crippen molar-refractivity contribution in [3.05, 3.63) is 48.5 Å². The molecule has 2 rings (SSSR count). The first-order valence-electron chi connectivity index (χ1n) is 7.19. The summed E-state index contributed by atoms with van der Waals surface area (Å²) in [4.78, 5) is 22.8. The average Bonchev–Trinajstić information content (AvgIpc) is 2.54. The Morgan fingerprint density at radius 1 is 0.792 bits per heavy atom. The molecule has 0 aliphatic heterocycles. The number of phenolic OH excluding ortho intramolecular Hbond substituents is 1. The van der Waals surface area contributed by atoms with Gasteiger partial charge in [-0.3, -0.25) is 9.59 Å². The number of phenols is 1. The van der Waals surface area contributed by atoms with Gasteiger partial charge in [-0.25, -0.2) is 0 Å². The molecule has 0 aliphatic rings. The summed E-state index contributed by atoms with van der Waals surface area (Å²) >= 11 is 0. The second kappa shape index (κ2) is 7.87. The van der Waals surface area contributed by atoms with Gasteiger partial charge < -0.3 is 5.11 Å². The van der Waals surface area contributed by atoms with Crippen molar-refractivity contribution < 1.29 is 14.7 Å². The van der Waals surface area contributed by atoms with Crippen LogP contribution in [-0.2, 0) is 9.59 Å². The zero-order valence-corrected chi connectivity index (χ0v) is 13.2. The molecular formula is C17H16N4O3. The van der Waals surface area contributed by atoms with Crippen LogP contribution in [0.5, 0.6) is 5.75 Å². The number of para-hydroxylation sites is 1. The van der Waals surface area contributed by atoms with E-state index in [-0.39, 0.29) is 17.3 Å². The Bertz CT molecular complexity index is 801. The Morgan fingerprint density at radius 2 is 1.25 bits per heavy atom. The molecule has 0 bridgehead atoms. The molecular weight excluding hydrogens is 308 g/mol. The lowest BCUT2D eigenvalue weighted by Gasteiger charge is -2.03. The molecule has 0 aromatic heterocycles. The van der Waals surface area contributed by atoms with Crippen molar-refractivity contribution in [1.82, 2.24) is 0 Å². The molecule has 2 aromatic carbocycles. The van der Waals surface area contributed by atoms with E-state index in [0.717, 1.165) is 0 Å². The highest BCUT2D eigenvalue weighted by Gasteiger charge is 2.18. The van der Waals surface area contributed by atoms with Gasteiger partial charge in [0.25, 0.3) is 0 Å². The van der Waals surface area contributed by atoms with Crippen molar-refractivity contribution in [2.24, 2.45) is 20.5 Å². The number of carbonyl (C=O) groups is 2. The molecule has 0 atom stereocenters. The van der Waals surface area contributed by atoms with E-state index in [2.05, 4.69) is 20.5 Å². The maximum absolute atomic E-state index is 11.4. The van der Waals surface area contributed by atoms with E-state index in [1.165, 1.54) is 19.9 Å². The van der Waals surface area contributed by atoms with Crippen molar-refractivity contribution in [2.45, 2.75) is 19.9 Å². The summed E-state index contributed by atoms with van der Waals surface area (Å²) in [5.74, 6) is -0.743. The standard InChI is InChI=1S/C17H16N4O3/c1-11(22)17(12(2)23)21-19-14-8-4-3-7-13(14)18-20-15-9-5-6-10-16(15)24/h3-10,17,24H,1-2H3. The minimum atomic E-state index is -1.12. The fraction of sp³-hybridized carbons (Fsp3) is 0.176. The molecule has 0 spiro atoms. The van der Waals surface area contributed by atoms with Crippen LogP contribution >= 0.6 is 0 Å². The summed E-state index contributed by atoms with van der Waals surface area (Å²) in [7, 11) is 0. The zero-order chi connectivity index (χ0) is 17.5. The van der Waals surface area contributed by atoms with Gasteiger partial charge in [0, 0.05) is 0 Å². The summed E-state index contributed by atoms with van der Waals surface area (Å²) < 4.78 is 0. The van der Waals surface area contributed by atoms with Gasteiger partial charge in [-0.15, -0.1) is 10.2 Å². The lowest BCUT2D eigenvalue weighted by atomic mass is 10.1. The van der Waals surface area contributed by atoms with Crippen LogP contribution in [0.15, 0.2) is 69.0 Å². The number of hydrogen-bond donors (Lipinski definition) is 1. The Morgan fingerprint density at radius 3 is 1.79 bits per heavy atom. The predicted octanol–water partition coefficient (Wildman–Crippen LogP) is 4.44. The third-order valence-electron chi connectivity index (χ3n) is 3.08. The number of nitrogens with zero attached hydrogens (tertiary/aromatic N) is 4. The molecule has 0 saturated carbocycles. The molecule has 0 aliphatic carbocycles. The second-order valence-corrected chi connectivity index (χ2v) is 5.02. The van der Waals surface area contributed by atoms with E-state index in [0.29, 0.717) is 17.1 Å². The van der Waals surface area contributed by atoms with Crippen LogP contribution in [0.2, 0.25) is 0 Å². The molecule has 0 saturated heterocycles. The first kappa shape index (κ1) is 17.1. The van der Waals surface area contributed by atoms with Crippen LogP contribution in [0.4, 0.5) is 17.1 Å². The van der Waals surface area contributed by atoms with Gasteiger partial charge >= 0.3 is 0 Å². The molecule has 24 heavy (non-hydrogen) atoms. The normalized spacial score (nSPS) is 11.5. The summed E-state index contributed by atoms with van der Waals surface area (Å²) in [5.41, 5.74) is 1.08. The SMILES string of the molecule is CC(=O)C(N=Nc1ccccc1N=Nc1ccccc1O)C(C)=O. The van der Waals surface area contributed by atoms with Crippen molar-refractivity contribution in [1.29, 1.82) is 0 Å². The highest BCUT2D eigenvalue weighted by molar-refractivity contribution is 6.04. The smallest absolute Gasteiger partial charge is 0.187 e. The number of carbonyl (C=O) groups excluding carboxylic acids is 2. The number of aromatic hydroxyl groups is 1. The zero-order valence-electron chi connectivity index (χ0n) is 13.2. The average molecular weight is 324 g/mol. The summed E-state index contributed by atoms with van der Waals surface area (Å²) in [5, 5.41) is 25.5. The molecule has 0 amide bonds. The molecule has 0 fully saturated rings. The highest BCUT2D eigenvalue weighted by atomic mass is 16.3. The Kier molecular flexibility index (Phi) is 5.62. The van der Waals surface area contributed by atoms with Crippen molar-refractivity contribution in [2.75, 3.05) is 0 Å². The summed E-state index contributed by atoms with van der Waals surface area (Å²) in [6, 6.07) is 12.2. The number of azo groups is 2. The third kappa shape index (κ3) is 4.39. The topological polar surface area (TPSA) is 104 Å². The highest BCUT2D eigenvalue weighted by Crippen LogP contribution is 2.32. The van der Waals surface area contributed by atoms with Crippen LogP contribution in [-0.4, -0.2) is 22.7 Å². The van der Waals surface area contributed by atoms with Crippen molar-refractivity contribution >= 4 is 28.6 Å². The van der Waals surface area contributed by atoms with Crippen LogP contribution in [0.1, 0.15) is 13.8 Å². The molecule has 7 nitrogen and oxygen atoms in total. The van der Waals surface area contributed by atoms with Crippen molar-refractivity contribution in [3.8, 4) is 5.75 Å². The molecule has 0 radical (unpaired) electrons. The third-order valence-corrected chi connectivity index (χ3v) is 3.08. The van der Waals surface area contributed by atoms with Gasteiger partial charge in [0.2, 0.25) is 0 Å². The van der Waals surface area contributed by atoms with E-state index in [4.69, 9.17) is 0 Å². The number of ketones is 2. The molecule has 2 aromatic rings. The lowest BCUT2D eigenvalue weighted by molar-refractivity contribution is -0.126. The Balaban J connectivity index is 2.29. The quantitative estimate of drug-likeness (QED) is 0.627. The monoisotopic (exact) mass is 324 g/mol. The van der Waals surface area contributed by atoms with Gasteiger partial charge in [0.1, 0.15) is 22.8 Å². The fourth-order valence-electron chi connectivity index (χ4n) is 1.86. The van der Waals surface area contributed by atoms with Gasteiger partial charge in [-0.1, -0.05) is 24.3 Å². The molecule has 7 heteroatoms. The van der Waals surface area contributed by atoms with Gasteiger partial charge in [-0.2, -0.15) is 10.2 Å². The molecule has 0 unspecified atom stereocenters. The number of hydrogen-bond acceptors (Lipinski definition) is 7. The predicted molar refractivity (Wildman–Crippen MR) is 88.4 cm³/mol. The minimum absolute atomic E-state index is 0.00795. The number of benzene rings is 2. The van der Waals surface area contributed by atoms with Gasteiger partial charge in [0.05, 0.1) is 0 Å². The maximum Gasteiger partial charge on any atom is 0.187 e. The maximum atomic E-state index is 11.4. The minimum Gasteiger partial charge on any atom is -0.506 e. The first-order chi connectivity index (χ1) is 11.5. The first-order valence-corrected chi connectivity index (χ1v) is 7.19.